The molecule has 0 aliphatic heterocycles. The van der Waals surface area contributed by atoms with Gasteiger partial charge >= 0.3 is 0 Å². The lowest BCUT2D eigenvalue weighted by Gasteiger charge is -2.14. The standard InChI is InChI=1S/C19H23N3O2/c1-14-8-10-16(11-9-14)20-18(23)12-22(3)13-19(24)21-17-7-5-4-6-15(17)2/h4-11H,12-13H2,1-3H3,(H,20,23)(H,21,24)/p+1. The molecule has 126 valence electrons. The van der Waals surface area contributed by atoms with Crippen LogP contribution in [0.25, 0.3) is 0 Å². The van der Waals surface area contributed by atoms with E-state index in [1.54, 1.807) is 0 Å². The number of quaternary nitrogens is 1. The first-order chi connectivity index (χ1) is 11.4. The Morgan fingerprint density at radius 3 is 2.08 bits per heavy atom. The first kappa shape index (κ1) is 17.7. The van der Waals surface area contributed by atoms with Gasteiger partial charge in [0.15, 0.2) is 13.1 Å². The Balaban J connectivity index is 1.80. The van der Waals surface area contributed by atoms with Crippen LogP contribution in [0.2, 0.25) is 0 Å². The third-order valence-electron chi connectivity index (χ3n) is 3.68. The van der Waals surface area contributed by atoms with Crippen LogP contribution in [0.5, 0.6) is 0 Å². The number of para-hydroxylation sites is 1. The maximum atomic E-state index is 12.1. The summed E-state index contributed by atoms with van der Waals surface area (Å²) >= 11 is 0. The topological polar surface area (TPSA) is 62.6 Å². The van der Waals surface area contributed by atoms with Gasteiger partial charge in [-0.1, -0.05) is 35.9 Å². The maximum Gasteiger partial charge on any atom is 0.279 e. The molecular weight excluding hydrogens is 302 g/mol. The van der Waals surface area contributed by atoms with E-state index in [2.05, 4.69) is 10.6 Å². The van der Waals surface area contributed by atoms with Gasteiger partial charge in [-0.05, 0) is 37.6 Å². The molecule has 1 atom stereocenters. The molecule has 3 N–H and O–H groups in total. The van der Waals surface area contributed by atoms with E-state index in [0.717, 1.165) is 27.4 Å². The number of amides is 2. The average Bonchev–Trinajstić information content (AvgIpc) is 2.51. The van der Waals surface area contributed by atoms with Gasteiger partial charge in [0.1, 0.15) is 0 Å². The number of anilines is 2. The van der Waals surface area contributed by atoms with Crippen LogP contribution in [-0.4, -0.2) is 32.0 Å². The molecule has 0 spiro atoms. The van der Waals surface area contributed by atoms with Gasteiger partial charge in [0.25, 0.3) is 11.8 Å². The van der Waals surface area contributed by atoms with Crippen LogP contribution in [0, 0.1) is 13.8 Å². The van der Waals surface area contributed by atoms with E-state index >= 15 is 0 Å². The predicted octanol–water partition coefficient (Wildman–Crippen LogP) is 1.40. The van der Waals surface area contributed by atoms with Crippen molar-refractivity contribution in [3.63, 3.8) is 0 Å². The quantitative estimate of drug-likeness (QED) is 0.751. The zero-order chi connectivity index (χ0) is 17.5. The summed E-state index contributed by atoms with van der Waals surface area (Å²) in [5.74, 6) is -0.218. The molecule has 0 heterocycles. The van der Waals surface area contributed by atoms with Crippen LogP contribution in [0.3, 0.4) is 0 Å². The maximum absolute atomic E-state index is 12.1. The molecule has 0 radical (unpaired) electrons. The molecular formula is C19H24N3O2+. The van der Waals surface area contributed by atoms with Gasteiger partial charge in [0.05, 0.1) is 7.05 Å². The number of nitrogens with one attached hydrogen (secondary N) is 3. The van der Waals surface area contributed by atoms with E-state index in [9.17, 15) is 9.59 Å². The largest absolute Gasteiger partial charge is 0.322 e. The van der Waals surface area contributed by atoms with E-state index < -0.39 is 0 Å². The third kappa shape index (κ3) is 5.52. The summed E-state index contributed by atoms with van der Waals surface area (Å²) in [4.78, 5) is 25.0. The Morgan fingerprint density at radius 1 is 0.875 bits per heavy atom. The smallest absolute Gasteiger partial charge is 0.279 e. The number of rotatable bonds is 6. The number of likely N-dealkylation sites (N-methyl/N-ethyl adjacent to an activating group) is 1. The second kappa shape index (κ2) is 8.26. The fraction of sp³-hybridized carbons (Fsp3) is 0.263. The Kier molecular flexibility index (Phi) is 6.09. The number of aryl methyl sites for hydroxylation is 2. The van der Waals surface area contributed by atoms with Gasteiger partial charge < -0.3 is 15.5 Å². The third-order valence-corrected chi connectivity index (χ3v) is 3.68. The van der Waals surface area contributed by atoms with Gasteiger partial charge in [-0.25, -0.2) is 0 Å². The first-order valence-corrected chi connectivity index (χ1v) is 7.97. The molecule has 2 aromatic rings. The van der Waals surface area contributed by atoms with Gasteiger partial charge in [0, 0.05) is 11.4 Å². The van der Waals surface area contributed by atoms with Crippen LogP contribution in [0.1, 0.15) is 11.1 Å². The molecule has 2 amide bonds. The highest BCUT2D eigenvalue weighted by atomic mass is 16.2. The second-order valence-corrected chi connectivity index (χ2v) is 6.09. The summed E-state index contributed by atoms with van der Waals surface area (Å²) in [5.41, 5.74) is 3.73. The number of hydrogen-bond acceptors (Lipinski definition) is 2. The molecule has 0 aliphatic carbocycles. The molecule has 2 rings (SSSR count). The lowest BCUT2D eigenvalue weighted by molar-refractivity contribution is -0.862. The molecule has 0 aromatic heterocycles. The van der Waals surface area contributed by atoms with E-state index in [1.165, 1.54) is 0 Å². The normalized spacial score (nSPS) is 11.6. The minimum absolute atomic E-state index is 0.107. The van der Waals surface area contributed by atoms with E-state index in [0.29, 0.717) is 0 Å². The summed E-state index contributed by atoms with van der Waals surface area (Å²) in [6.45, 7) is 4.41. The van der Waals surface area contributed by atoms with Crippen molar-refractivity contribution < 1.29 is 14.5 Å². The van der Waals surface area contributed by atoms with Gasteiger partial charge in [0.2, 0.25) is 0 Å². The lowest BCUT2D eigenvalue weighted by Crippen LogP contribution is -3.11. The van der Waals surface area contributed by atoms with Crippen molar-refractivity contribution in [2.75, 3.05) is 30.8 Å². The Labute approximate surface area is 142 Å². The molecule has 0 saturated carbocycles. The predicted molar refractivity (Wildman–Crippen MR) is 96.2 cm³/mol. The van der Waals surface area contributed by atoms with E-state index in [4.69, 9.17) is 0 Å². The monoisotopic (exact) mass is 326 g/mol. The molecule has 1 unspecified atom stereocenters. The highest BCUT2D eigenvalue weighted by Crippen LogP contribution is 2.12. The number of carbonyl (C=O) groups excluding carboxylic acids is 2. The van der Waals surface area contributed by atoms with Crippen LogP contribution < -0.4 is 15.5 Å². The summed E-state index contributed by atoms with van der Waals surface area (Å²) in [6, 6.07) is 15.3. The highest BCUT2D eigenvalue weighted by Gasteiger charge is 2.15. The Morgan fingerprint density at radius 2 is 1.46 bits per heavy atom. The molecule has 0 fully saturated rings. The summed E-state index contributed by atoms with van der Waals surface area (Å²) in [6.07, 6.45) is 0. The van der Waals surface area contributed by atoms with E-state index in [1.807, 2.05) is 69.4 Å². The Bertz CT molecular complexity index is 711. The minimum Gasteiger partial charge on any atom is -0.322 e. The van der Waals surface area contributed by atoms with Crippen molar-refractivity contribution in [2.24, 2.45) is 0 Å². The molecule has 0 bridgehead atoms. The second-order valence-electron chi connectivity index (χ2n) is 6.09. The zero-order valence-corrected chi connectivity index (χ0v) is 14.3. The highest BCUT2D eigenvalue weighted by molar-refractivity contribution is 5.93. The van der Waals surface area contributed by atoms with Crippen molar-refractivity contribution in [1.82, 2.24) is 0 Å². The summed E-state index contributed by atoms with van der Waals surface area (Å²) in [5, 5.41) is 5.72. The van der Waals surface area contributed by atoms with Gasteiger partial charge in [-0.2, -0.15) is 0 Å². The average molecular weight is 326 g/mol. The first-order valence-electron chi connectivity index (χ1n) is 7.97. The fourth-order valence-electron chi connectivity index (χ4n) is 2.36. The summed E-state index contributed by atoms with van der Waals surface area (Å²) < 4.78 is 0. The Hall–Kier alpha value is -2.66. The zero-order valence-electron chi connectivity index (χ0n) is 14.3. The molecule has 2 aromatic carbocycles. The van der Waals surface area contributed by atoms with Crippen molar-refractivity contribution >= 4 is 23.2 Å². The number of hydrogen-bond donors (Lipinski definition) is 3. The molecule has 24 heavy (non-hydrogen) atoms. The van der Waals surface area contributed by atoms with Gasteiger partial charge in [-0.3, -0.25) is 9.59 Å². The molecule has 5 heteroatoms. The molecule has 0 saturated heterocycles. The van der Waals surface area contributed by atoms with Crippen LogP contribution >= 0.6 is 0 Å². The number of benzene rings is 2. The fourth-order valence-corrected chi connectivity index (χ4v) is 2.36. The van der Waals surface area contributed by atoms with Gasteiger partial charge in [-0.15, -0.1) is 0 Å². The van der Waals surface area contributed by atoms with E-state index in [-0.39, 0.29) is 24.9 Å². The van der Waals surface area contributed by atoms with Crippen LogP contribution in [0.4, 0.5) is 11.4 Å². The lowest BCUT2D eigenvalue weighted by atomic mass is 10.2. The summed E-state index contributed by atoms with van der Waals surface area (Å²) in [7, 11) is 1.83. The van der Waals surface area contributed by atoms with Crippen LogP contribution in [-0.2, 0) is 9.59 Å². The molecule has 5 nitrogen and oxygen atoms in total. The molecule has 0 aliphatic rings. The van der Waals surface area contributed by atoms with Crippen LogP contribution in [0.15, 0.2) is 48.5 Å². The van der Waals surface area contributed by atoms with Crippen molar-refractivity contribution in [3.8, 4) is 0 Å². The van der Waals surface area contributed by atoms with Crippen molar-refractivity contribution in [2.45, 2.75) is 13.8 Å². The van der Waals surface area contributed by atoms with Crippen molar-refractivity contribution in [1.29, 1.82) is 0 Å². The van der Waals surface area contributed by atoms with Crippen molar-refractivity contribution in [3.05, 3.63) is 59.7 Å². The minimum atomic E-state index is -0.111. The number of carbonyl (C=O) groups is 2. The SMILES string of the molecule is Cc1ccc(NC(=O)C[NH+](C)CC(=O)Nc2ccccc2C)cc1.